The summed E-state index contributed by atoms with van der Waals surface area (Å²) in [7, 11) is 0. The van der Waals surface area contributed by atoms with E-state index in [1.165, 1.54) is 0 Å². The number of carbonyl (C=O) groups excluding carboxylic acids is 1. The average molecular weight is 263 g/mol. The maximum Gasteiger partial charge on any atom is 0.257 e. The van der Waals surface area contributed by atoms with Gasteiger partial charge < -0.3 is 11.1 Å². The Balaban J connectivity index is 1.88. The second kappa shape index (κ2) is 5.01. The average Bonchev–Trinajstić information content (AvgIpc) is 2.47. The van der Waals surface area contributed by atoms with Gasteiger partial charge in [0.15, 0.2) is 0 Å². The van der Waals surface area contributed by atoms with Crippen LogP contribution in [0.1, 0.15) is 10.4 Å². The van der Waals surface area contributed by atoms with Crippen LogP contribution in [0.15, 0.2) is 60.8 Å². The number of nitrogens with zero attached hydrogens (tertiary/aromatic N) is 1. The van der Waals surface area contributed by atoms with Gasteiger partial charge in [-0.2, -0.15) is 0 Å². The second-order valence-electron chi connectivity index (χ2n) is 4.50. The molecule has 1 heterocycles. The number of amides is 1. The van der Waals surface area contributed by atoms with Crippen LogP contribution in [0.25, 0.3) is 10.9 Å². The molecule has 0 radical (unpaired) electrons. The third-order valence-corrected chi connectivity index (χ3v) is 3.00. The normalized spacial score (nSPS) is 10.4. The molecular weight excluding hydrogens is 250 g/mol. The molecule has 3 N–H and O–H groups in total. The first-order valence-corrected chi connectivity index (χ1v) is 6.24. The number of carbonyl (C=O) groups is 1. The van der Waals surface area contributed by atoms with Gasteiger partial charge in [-0.1, -0.05) is 24.3 Å². The van der Waals surface area contributed by atoms with Crippen molar-refractivity contribution in [3.63, 3.8) is 0 Å². The number of rotatable bonds is 2. The van der Waals surface area contributed by atoms with Crippen LogP contribution in [-0.4, -0.2) is 10.9 Å². The van der Waals surface area contributed by atoms with Crippen LogP contribution in [0.3, 0.4) is 0 Å². The summed E-state index contributed by atoms with van der Waals surface area (Å²) in [6.07, 6.45) is 1.57. The van der Waals surface area contributed by atoms with Crippen molar-refractivity contribution in [2.45, 2.75) is 0 Å². The molecule has 0 aliphatic rings. The van der Waals surface area contributed by atoms with Crippen LogP contribution in [0.5, 0.6) is 0 Å². The quantitative estimate of drug-likeness (QED) is 0.698. The summed E-state index contributed by atoms with van der Waals surface area (Å²) in [5.74, 6) is -0.200. The van der Waals surface area contributed by atoms with Gasteiger partial charge in [0.2, 0.25) is 0 Å². The summed E-state index contributed by atoms with van der Waals surface area (Å²) in [4.78, 5) is 16.5. The number of nitrogens with two attached hydrogens (primary N) is 1. The lowest BCUT2D eigenvalue weighted by atomic mass is 10.1. The van der Waals surface area contributed by atoms with E-state index in [1.54, 1.807) is 30.5 Å². The van der Waals surface area contributed by atoms with E-state index in [4.69, 9.17) is 5.73 Å². The highest BCUT2D eigenvalue weighted by Crippen LogP contribution is 2.16. The lowest BCUT2D eigenvalue weighted by molar-refractivity contribution is 0.102. The number of para-hydroxylation sites is 1. The number of pyridine rings is 1. The van der Waals surface area contributed by atoms with E-state index in [0.29, 0.717) is 16.9 Å². The Morgan fingerprint density at radius 3 is 2.75 bits per heavy atom. The number of nitrogens with one attached hydrogen (secondary N) is 1. The van der Waals surface area contributed by atoms with Gasteiger partial charge in [-0.15, -0.1) is 0 Å². The second-order valence-corrected chi connectivity index (χ2v) is 4.50. The van der Waals surface area contributed by atoms with E-state index in [1.807, 2.05) is 30.3 Å². The van der Waals surface area contributed by atoms with E-state index < -0.39 is 0 Å². The van der Waals surface area contributed by atoms with Crippen molar-refractivity contribution in [3.05, 3.63) is 66.4 Å². The van der Waals surface area contributed by atoms with Crippen molar-refractivity contribution in [2.75, 3.05) is 11.1 Å². The molecule has 0 atom stereocenters. The van der Waals surface area contributed by atoms with Crippen LogP contribution < -0.4 is 11.1 Å². The summed E-state index contributed by atoms with van der Waals surface area (Å²) in [5, 5.41) is 3.74. The molecule has 4 nitrogen and oxygen atoms in total. The molecule has 0 spiro atoms. The number of anilines is 2. The first kappa shape index (κ1) is 12.2. The molecule has 3 rings (SSSR count). The predicted molar refractivity (Wildman–Crippen MR) is 80.6 cm³/mol. The lowest BCUT2D eigenvalue weighted by Crippen LogP contribution is -2.12. The first-order valence-electron chi connectivity index (χ1n) is 6.24. The molecule has 0 fully saturated rings. The summed E-state index contributed by atoms with van der Waals surface area (Å²) >= 11 is 0. The van der Waals surface area contributed by atoms with Crippen molar-refractivity contribution in [3.8, 4) is 0 Å². The van der Waals surface area contributed by atoms with Gasteiger partial charge in [0.1, 0.15) is 0 Å². The molecule has 0 aliphatic carbocycles. The Kier molecular flexibility index (Phi) is 3.05. The van der Waals surface area contributed by atoms with Crippen molar-refractivity contribution in [1.82, 2.24) is 4.98 Å². The molecule has 98 valence electrons. The standard InChI is InChI=1S/C16H13N3O/c17-13-5-3-6-14(9-13)19-16(20)12-8-11-4-1-2-7-15(11)18-10-12/h1-10H,17H2,(H,19,20). The van der Waals surface area contributed by atoms with Crippen molar-refractivity contribution < 1.29 is 4.79 Å². The predicted octanol–water partition coefficient (Wildman–Crippen LogP) is 3.07. The van der Waals surface area contributed by atoms with Gasteiger partial charge in [-0.05, 0) is 30.3 Å². The number of benzene rings is 2. The fraction of sp³-hybridized carbons (Fsp3) is 0. The Bertz CT molecular complexity index is 783. The molecule has 0 aliphatic heterocycles. The Labute approximate surface area is 116 Å². The number of nitrogen functional groups attached to an aromatic ring is 1. The summed E-state index contributed by atoms with van der Waals surface area (Å²) in [6, 6.07) is 16.6. The third-order valence-electron chi connectivity index (χ3n) is 3.00. The molecule has 1 aromatic heterocycles. The third kappa shape index (κ3) is 2.44. The molecule has 0 bridgehead atoms. The maximum absolute atomic E-state index is 12.2. The van der Waals surface area contributed by atoms with Gasteiger partial charge in [-0.25, -0.2) is 0 Å². The largest absolute Gasteiger partial charge is 0.399 e. The number of hydrogen-bond donors (Lipinski definition) is 2. The molecular formula is C16H13N3O. The van der Waals surface area contributed by atoms with E-state index in [0.717, 1.165) is 10.9 Å². The summed E-state index contributed by atoms with van der Waals surface area (Å²) in [6.45, 7) is 0. The molecule has 4 heteroatoms. The fourth-order valence-electron chi connectivity index (χ4n) is 2.01. The monoisotopic (exact) mass is 263 g/mol. The molecule has 0 saturated carbocycles. The molecule has 2 aromatic carbocycles. The minimum atomic E-state index is -0.200. The Hall–Kier alpha value is -2.88. The van der Waals surface area contributed by atoms with E-state index >= 15 is 0 Å². The van der Waals surface area contributed by atoms with Gasteiger partial charge in [0, 0.05) is 23.0 Å². The molecule has 3 aromatic rings. The molecule has 0 saturated heterocycles. The summed E-state index contributed by atoms with van der Waals surface area (Å²) in [5.41, 5.74) is 8.35. The van der Waals surface area contributed by atoms with Gasteiger partial charge in [0.25, 0.3) is 5.91 Å². The van der Waals surface area contributed by atoms with Crippen molar-refractivity contribution in [1.29, 1.82) is 0 Å². The number of fused-ring (bicyclic) bond motifs is 1. The first-order chi connectivity index (χ1) is 9.72. The zero-order valence-corrected chi connectivity index (χ0v) is 10.7. The van der Waals surface area contributed by atoms with Crippen LogP contribution in [0.4, 0.5) is 11.4 Å². The topological polar surface area (TPSA) is 68.0 Å². The zero-order valence-electron chi connectivity index (χ0n) is 10.7. The lowest BCUT2D eigenvalue weighted by Gasteiger charge is -2.06. The maximum atomic E-state index is 12.2. The Morgan fingerprint density at radius 2 is 1.90 bits per heavy atom. The van der Waals surface area contributed by atoms with Crippen molar-refractivity contribution in [2.24, 2.45) is 0 Å². The van der Waals surface area contributed by atoms with E-state index in [2.05, 4.69) is 10.3 Å². The van der Waals surface area contributed by atoms with Crippen LogP contribution >= 0.6 is 0 Å². The highest BCUT2D eigenvalue weighted by molar-refractivity contribution is 6.05. The van der Waals surface area contributed by atoms with Crippen molar-refractivity contribution >= 4 is 28.2 Å². The molecule has 0 unspecified atom stereocenters. The number of hydrogen-bond acceptors (Lipinski definition) is 3. The molecule has 1 amide bonds. The van der Waals surface area contributed by atoms with Gasteiger partial charge >= 0.3 is 0 Å². The number of aromatic nitrogens is 1. The van der Waals surface area contributed by atoms with Gasteiger partial charge in [0.05, 0.1) is 11.1 Å². The Morgan fingerprint density at radius 1 is 1.05 bits per heavy atom. The van der Waals surface area contributed by atoms with Crippen LogP contribution in [-0.2, 0) is 0 Å². The van der Waals surface area contributed by atoms with E-state index in [9.17, 15) is 4.79 Å². The van der Waals surface area contributed by atoms with E-state index in [-0.39, 0.29) is 5.91 Å². The SMILES string of the molecule is Nc1cccc(NC(=O)c2cnc3ccccc3c2)c1. The highest BCUT2D eigenvalue weighted by Gasteiger charge is 2.07. The zero-order chi connectivity index (χ0) is 13.9. The molecule has 20 heavy (non-hydrogen) atoms. The minimum absolute atomic E-state index is 0.200. The minimum Gasteiger partial charge on any atom is -0.399 e. The van der Waals surface area contributed by atoms with Gasteiger partial charge in [-0.3, -0.25) is 9.78 Å². The highest BCUT2D eigenvalue weighted by atomic mass is 16.1. The van der Waals surface area contributed by atoms with Crippen LogP contribution in [0, 0.1) is 0 Å². The fourth-order valence-corrected chi connectivity index (χ4v) is 2.01. The smallest absolute Gasteiger partial charge is 0.257 e. The van der Waals surface area contributed by atoms with Crippen LogP contribution in [0.2, 0.25) is 0 Å². The summed E-state index contributed by atoms with van der Waals surface area (Å²) < 4.78 is 0.